The lowest BCUT2D eigenvalue weighted by Crippen LogP contribution is -2.40. The lowest BCUT2D eigenvalue weighted by atomic mass is 9.93. The van der Waals surface area contributed by atoms with Gasteiger partial charge in [-0.1, -0.05) is 0 Å². The standard InChI is InChI=1S/C14H18F3NO2/c1-9-11-7-13(20-3)12(19-2)6-10(11)4-5-18(9)8-14(15,16)17/h6-7,9H,4-5,8H2,1-3H3. The van der Waals surface area contributed by atoms with Gasteiger partial charge in [-0.2, -0.15) is 13.2 Å². The normalized spacial score (nSPS) is 19.6. The fourth-order valence-electron chi connectivity index (χ4n) is 2.64. The summed E-state index contributed by atoms with van der Waals surface area (Å²) in [5.41, 5.74) is 1.90. The second-order valence-electron chi connectivity index (χ2n) is 4.92. The molecule has 0 amide bonds. The second kappa shape index (κ2) is 5.52. The summed E-state index contributed by atoms with van der Waals surface area (Å²) < 4.78 is 48.1. The summed E-state index contributed by atoms with van der Waals surface area (Å²) in [4.78, 5) is 1.44. The van der Waals surface area contributed by atoms with Crippen LogP contribution in [0.25, 0.3) is 0 Å². The molecule has 0 bridgehead atoms. The predicted octanol–water partition coefficient (Wildman–Crippen LogP) is 3.19. The first-order valence-electron chi connectivity index (χ1n) is 6.41. The average molecular weight is 289 g/mol. The van der Waals surface area contributed by atoms with Crippen LogP contribution < -0.4 is 9.47 Å². The van der Waals surface area contributed by atoms with Gasteiger partial charge in [-0.3, -0.25) is 4.90 Å². The van der Waals surface area contributed by atoms with Crippen molar-refractivity contribution in [3.05, 3.63) is 23.3 Å². The maximum atomic E-state index is 12.6. The molecular weight excluding hydrogens is 271 g/mol. The molecule has 1 aromatic carbocycles. The zero-order valence-electron chi connectivity index (χ0n) is 11.8. The van der Waals surface area contributed by atoms with E-state index in [1.165, 1.54) is 12.0 Å². The maximum Gasteiger partial charge on any atom is 0.401 e. The summed E-state index contributed by atoms with van der Waals surface area (Å²) in [6.45, 7) is 1.29. The zero-order valence-corrected chi connectivity index (χ0v) is 11.8. The molecule has 0 aliphatic carbocycles. The molecule has 1 heterocycles. The molecule has 1 atom stereocenters. The average Bonchev–Trinajstić information content (AvgIpc) is 2.39. The number of halogens is 3. The highest BCUT2D eigenvalue weighted by atomic mass is 19.4. The molecule has 0 saturated heterocycles. The quantitative estimate of drug-likeness (QED) is 0.853. The highest BCUT2D eigenvalue weighted by molar-refractivity contribution is 5.49. The topological polar surface area (TPSA) is 21.7 Å². The van der Waals surface area contributed by atoms with Crippen LogP contribution in [0.2, 0.25) is 0 Å². The van der Waals surface area contributed by atoms with E-state index in [2.05, 4.69) is 0 Å². The second-order valence-corrected chi connectivity index (χ2v) is 4.92. The van der Waals surface area contributed by atoms with Gasteiger partial charge >= 0.3 is 6.18 Å². The van der Waals surface area contributed by atoms with Crippen LogP contribution in [-0.2, 0) is 6.42 Å². The molecule has 0 radical (unpaired) electrons. The van der Waals surface area contributed by atoms with Gasteiger partial charge in [0, 0.05) is 12.6 Å². The highest BCUT2D eigenvalue weighted by Gasteiger charge is 2.35. The van der Waals surface area contributed by atoms with E-state index in [1.807, 2.05) is 6.07 Å². The summed E-state index contributed by atoms with van der Waals surface area (Å²) in [6.07, 6.45) is -3.60. The van der Waals surface area contributed by atoms with Crippen LogP contribution in [0.5, 0.6) is 11.5 Å². The number of fused-ring (bicyclic) bond motifs is 1. The fourth-order valence-corrected chi connectivity index (χ4v) is 2.64. The van der Waals surface area contributed by atoms with E-state index in [9.17, 15) is 13.2 Å². The summed E-state index contributed by atoms with van der Waals surface area (Å²) in [7, 11) is 3.07. The van der Waals surface area contributed by atoms with Crippen molar-refractivity contribution in [1.82, 2.24) is 4.90 Å². The van der Waals surface area contributed by atoms with Crippen LogP contribution >= 0.6 is 0 Å². The Kier molecular flexibility index (Phi) is 4.13. The first-order chi connectivity index (χ1) is 9.35. The molecule has 0 N–H and O–H groups in total. The van der Waals surface area contributed by atoms with Crippen molar-refractivity contribution in [2.24, 2.45) is 0 Å². The molecule has 0 aromatic heterocycles. The molecule has 6 heteroatoms. The molecule has 1 aromatic rings. The largest absolute Gasteiger partial charge is 0.493 e. The minimum atomic E-state index is -4.18. The predicted molar refractivity (Wildman–Crippen MR) is 69.3 cm³/mol. The van der Waals surface area contributed by atoms with E-state index in [0.29, 0.717) is 24.5 Å². The van der Waals surface area contributed by atoms with Crippen molar-refractivity contribution < 1.29 is 22.6 Å². The molecule has 112 valence electrons. The lowest BCUT2D eigenvalue weighted by molar-refractivity contribution is -0.151. The molecule has 1 aliphatic rings. The first-order valence-corrected chi connectivity index (χ1v) is 6.41. The van der Waals surface area contributed by atoms with Crippen LogP contribution in [0.3, 0.4) is 0 Å². The number of nitrogens with zero attached hydrogens (tertiary/aromatic N) is 1. The number of methoxy groups -OCH3 is 2. The fraction of sp³-hybridized carbons (Fsp3) is 0.571. The zero-order chi connectivity index (χ0) is 14.9. The van der Waals surface area contributed by atoms with Crippen LogP contribution in [-0.4, -0.2) is 38.4 Å². The van der Waals surface area contributed by atoms with E-state index >= 15 is 0 Å². The maximum absolute atomic E-state index is 12.6. The van der Waals surface area contributed by atoms with Gasteiger partial charge < -0.3 is 9.47 Å². The van der Waals surface area contributed by atoms with E-state index in [4.69, 9.17) is 9.47 Å². The Morgan fingerprint density at radius 2 is 1.80 bits per heavy atom. The van der Waals surface area contributed by atoms with E-state index in [-0.39, 0.29) is 6.04 Å². The van der Waals surface area contributed by atoms with E-state index < -0.39 is 12.7 Å². The Balaban J connectivity index is 2.31. The van der Waals surface area contributed by atoms with Crippen molar-refractivity contribution in [2.45, 2.75) is 25.6 Å². The molecular formula is C14H18F3NO2. The van der Waals surface area contributed by atoms with Gasteiger partial charge in [0.15, 0.2) is 11.5 Å². The monoisotopic (exact) mass is 289 g/mol. The number of hydrogen-bond acceptors (Lipinski definition) is 3. The summed E-state index contributed by atoms with van der Waals surface area (Å²) in [5.74, 6) is 1.16. The van der Waals surface area contributed by atoms with Crippen LogP contribution in [0.4, 0.5) is 13.2 Å². The Labute approximate surface area is 116 Å². The minimum absolute atomic E-state index is 0.291. The van der Waals surface area contributed by atoms with Gasteiger partial charge in [-0.25, -0.2) is 0 Å². The molecule has 0 fully saturated rings. The van der Waals surface area contributed by atoms with Gasteiger partial charge in [0.1, 0.15) is 0 Å². The Bertz CT molecular complexity index is 488. The Morgan fingerprint density at radius 1 is 1.20 bits per heavy atom. The SMILES string of the molecule is COc1cc2c(cc1OC)C(C)N(CC(F)(F)F)CC2. The van der Waals surface area contributed by atoms with Crippen molar-refractivity contribution in [3.63, 3.8) is 0 Å². The summed E-state index contributed by atoms with van der Waals surface area (Å²) in [6, 6.07) is 3.34. The third-order valence-corrected chi connectivity index (χ3v) is 3.69. The third-order valence-electron chi connectivity index (χ3n) is 3.69. The van der Waals surface area contributed by atoms with Gasteiger partial charge in [0.25, 0.3) is 0 Å². The molecule has 3 nitrogen and oxygen atoms in total. The molecule has 1 aliphatic heterocycles. The molecule has 0 saturated carbocycles. The van der Waals surface area contributed by atoms with Crippen LogP contribution in [0, 0.1) is 0 Å². The summed E-state index contributed by atoms with van der Waals surface area (Å²) in [5, 5.41) is 0. The number of rotatable bonds is 3. The highest BCUT2D eigenvalue weighted by Crippen LogP contribution is 2.38. The van der Waals surface area contributed by atoms with Gasteiger partial charge in [-0.15, -0.1) is 0 Å². The third kappa shape index (κ3) is 3.00. The van der Waals surface area contributed by atoms with Crippen LogP contribution in [0.15, 0.2) is 12.1 Å². The molecule has 2 rings (SSSR count). The molecule has 20 heavy (non-hydrogen) atoms. The van der Waals surface area contributed by atoms with Crippen molar-refractivity contribution in [2.75, 3.05) is 27.3 Å². The van der Waals surface area contributed by atoms with E-state index in [0.717, 1.165) is 11.1 Å². The number of ether oxygens (including phenoxy) is 2. The van der Waals surface area contributed by atoms with Gasteiger partial charge in [-0.05, 0) is 36.6 Å². The van der Waals surface area contributed by atoms with Crippen molar-refractivity contribution in [3.8, 4) is 11.5 Å². The Morgan fingerprint density at radius 3 is 2.35 bits per heavy atom. The lowest BCUT2D eigenvalue weighted by Gasteiger charge is -2.36. The smallest absolute Gasteiger partial charge is 0.401 e. The number of alkyl halides is 3. The number of hydrogen-bond donors (Lipinski definition) is 0. The van der Waals surface area contributed by atoms with Gasteiger partial charge in [0.2, 0.25) is 0 Å². The summed E-state index contributed by atoms with van der Waals surface area (Å²) >= 11 is 0. The van der Waals surface area contributed by atoms with Gasteiger partial charge in [0.05, 0.1) is 20.8 Å². The first kappa shape index (κ1) is 15.0. The molecule has 1 unspecified atom stereocenters. The van der Waals surface area contributed by atoms with E-state index in [1.54, 1.807) is 20.1 Å². The van der Waals surface area contributed by atoms with Crippen molar-refractivity contribution >= 4 is 0 Å². The Hall–Kier alpha value is -1.43. The van der Waals surface area contributed by atoms with Crippen LogP contribution in [0.1, 0.15) is 24.1 Å². The molecule has 0 spiro atoms. The number of benzene rings is 1. The van der Waals surface area contributed by atoms with Crippen molar-refractivity contribution in [1.29, 1.82) is 0 Å². The minimum Gasteiger partial charge on any atom is -0.493 e.